The van der Waals surface area contributed by atoms with Crippen LogP contribution in [0.5, 0.6) is 5.75 Å². The van der Waals surface area contributed by atoms with E-state index in [0.29, 0.717) is 0 Å². The van der Waals surface area contributed by atoms with Crippen LogP contribution in [0.2, 0.25) is 0 Å². The third kappa shape index (κ3) is 3.96. The first kappa shape index (κ1) is 19.0. The number of methoxy groups -OCH3 is 1. The Balaban J connectivity index is 1.87. The van der Waals surface area contributed by atoms with Crippen LogP contribution in [0.3, 0.4) is 0 Å². The Bertz CT molecular complexity index is 870. The van der Waals surface area contributed by atoms with Gasteiger partial charge in [-0.2, -0.15) is 0 Å². The molecule has 0 saturated heterocycles. The molecule has 3 rings (SSSR count). The van der Waals surface area contributed by atoms with E-state index in [1.54, 1.807) is 30.2 Å². The van der Waals surface area contributed by atoms with E-state index < -0.39 is 0 Å². The monoisotopic (exact) mass is 387 g/mol. The summed E-state index contributed by atoms with van der Waals surface area (Å²) in [5.74, 6) is 2.74. The fourth-order valence-corrected chi connectivity index (χ4v) is 4.88. The van der Waals surface area contributed by atoms with Crippen molar-refractivity contribution in [2.24, 2.45) is 0 Å². The minimum Gasteiger partial charge on any atom is -0.497 e. The summed E-state index contributed by atoms with van der Waals surface area (Å²) < 4.78 is 7.59. The second-order valence-corrected chi connectivity index (χ2v) is 8.16. The maximum absolute atomic E-state index is 5.32. The van der Waals surface area contributed by atoms with E-state index in [2.05, 4.69) is 53.0 Å². The van der Waals surface area contributed by atoms with Crippen LogP contribution in [0.4, 0.5) is 0 Å². The summed E-state index contributed by atoms with van der Waals surface area (Å²) in [6.07, 6.45) is 2.08. The maximum atomic E-state index is 5.32. The Morgan fingerprint density at radius 3 is 2.81 bits per heavy atom. The molecule has 0 aliphatic rings. The van der Waals surface area contributed by atoms with Gasteiger partial charge in [-0.15, -0.1) is 21.5 Å². The molecule has 0 atom stereocenters. The smallest absolute Gasteiger partial charge is 0.191 e. The van der Waals surface area contributed by atoms with Crippen LogP contribution in [0.25, 0.3) is 11.4 Å². The first-order valence-corrected chi connectivity index (χ1v) is 10.8. The Hall–Kier alpha value is -1.79. The number of benzene rings is 1. The first-order valence-electron chi connectivity index (χ1n) is 8.94. The third-order valence-corrected chi connectivity index (χ3v) is 6.36. The molecule has 0 aliphatic carbocycles. The van der Waals surface area contributed by atoms with Crippen LogP contribution in [-0.4, -0.2) is 21.9 Å². The largest absolute Gasteiger partial charge is 0.497 e. The summed E-state index contributed by atoms with van der Waals surface area (Å²) in [6, 6.07) is 8.19. The normalized spacial score (nSPS) is 11.1. The SMILES string of the molecule is CCCn1c(SCc2cccc(OC)c2)nnc1-c1csc(C)c1CC. The summed E-state index contributed by atoms with van der Waals surface area (Å²) in [5, 5.41) is 12.3. The zero-order chi connectivity index (χ0) is 18.5. The number of ether oxygens (including phenoxy) is 1. The van der Waals surface area contributed by atoms with Gasteiger partial charge in [0.1, 0.15) is 5.75 Å². The van der Waals surface area contributed by atoms with E-state index in [1.807, 2.05) is 12.1 Å². The van der Waals surface area contributed by atoms with Crippen molar-refractivity contribution < 1.29 is 4.74 Å². The van der Waals surface area contributed by atoms with E-state index in [9.17, 15) is 0 Å². The van der Waals surface area contributed by atoms with E-state index in [4.69, 9.17) is 4.74 Å². The first-order chi connectivity index (χ1) is 12.7. The Labute approximate surface area is 163 Å². The molecule has 0 radical (unpaired) electrons. The minimum atomic E-state index is 0.850. The predicted molar refractivity (Wildman–Crippen MR) is 110 cm³/mol. The minimum absolute atomic E-state index is 0.850. The molecular weight excluding hydrogens is 362 g/mol. The Morgan fingerprint density at radius 2 is 2.08 bits per heavy atom. The molecule has 0 amide bonds. The lowest BCUT2D eigenvalue weighted by Gasteiger charge is -2.10. The quantitative estimate of drug-likeness (QED) is 0.473. The van der Waals surface area contributed by atoms with Crippen LogP contribution in [0.1, 0.15) is 36.3 Å². The van der Waals surface area contributed by atoms with Gasteiger partial charge in [0, 0.05) is 28.1 Å². The molecule has 2 heterocycles. The number of aromatic nitrogens is 3. The number of hydrogen-bond acceptors (Lipinski definition) is 5. The van der Waals surface area contributed by atoms with Crippen LogP contribution in [-0.2, 0) is 18.7 Å². The second kappa shape index (κ2) is 8.73. The van der Waals surface area contributed by atoms with Crippen LogP contribution < -0.4 is 4.74 Å². The van der Waals surface area contributed by atoms with Gasteiger partial charge in [0.25, 0.3) is 0 Å². The summed E-state index contributed by atoms with van der Waals surface area (Å²) in [5.41, 5.74) is 3.86. The summed E-state index contributed by atoms with van der Waals surface area (Å²) in [4.78, 5) is 1.37. The number of hydrogen-bond donors (Lipinski definition) is 0. The maximum Gasteiger partial charge on any atom is 0.191 e. The third-order valence-electron chi connectivity index (χ3n) is 4.36. The van der Waals surface area contributed by atoms with Gasteiger partial charge in [-0.3, -0.25) is 0 Å². The van der Waals surface area contributed by atoms with Crippen molar-refractivity contribution in [2.45, 2.75) is 51.1 Å². The van der Waals surface area contributed by atoms with Gasteiger partial charge in [0.05, 0.1) is 7.11 Å². The number of rotatable bonds is 8. The number of nitrogens with zero attached hydrogens (tertiary/aromatic N) is 3. The second-order valence-electron chi connectivity index (χ2n) is 6.14. The molecule has 0 bridgehead atoms. The fourth-order valence-electron chi connectivity index (χ4n) is 3.04. The molecule has 0 unspecified atom stereocenters. The van der Waals surface area contributed by atoms with Gasteiger partial charge in [-0.05, 0) is 43.0 Å². The summed E-state index contributed by atoms with van der Waals surface area (Å²) in [6.45, 7) is 7.52. The molecular formula is C20H25N3OS2. The average molecular weight is 388 g/mol. The van der Waals surface area contributed by atoms with Gasteiger partial charge in [-0.25, -0.2) is 0 Å². The van der Waals surface area contributed by atoms with Crippen molar-refractivity contribution in [3.8, 4) is 17.1 Å². The highest BCUT2D eigenvalue weighted by molar-refractivity contribution is 7.98. The van der Waals surface area contributed by atoms with Gasteiger partial charge >= 0.3 is 0 Å². The van der Waals surface area contributed by atoms with Gasteiger partial charge in [-0.1, -0.05) is 37.7 Å². The van der Waals surface area contributed by atoms with Crippen molar-refractivity contribution in [1.29, 1.82) is 0 Å². The highest BCUT2D eigenvalue weighted by atomic mass is 32.2. The molecule has 0 N–H and O–H groups in total. The zero-order valence-electron chi connectivity index (χ0n) is 15.8. The summed E-state index contributed by atoms with van der Waals surface area (Å²) in [7, 11) is 1.70. The Kier molecular flexibility index (Phi) is 6.38. The lowest BCUT2D eigenvalue weighted by Crippen LogP contribution is -2.02. The lowest BCUT2D eigenvalue weighted by molar-refractivity contribution is 0.414. The standard InChI is InChI=1S/C20H25N3OS2/c1-5-10-23-19(18-13-25-14(3)17(18)6-2)21-22-20(23)26-12-15-8-7-9-16(11-15)24-4/h7-9,11,13H,5-6,10,12H2,1-4H3. The molecule has 0 saturated carbocycles. The van der Waals surface area contributed by atoms with Crippen LogP contribution in [0, 0.1) is 6.92 Å². The lowest BCUT2D eigenvalue weighted by atomic mass is 10.1. The van der Waals surface area contributed by atoms with Crippen molar-refractivity contribution in [3.63, 3.8) is 0 Å². The highest BCUT2D eigenvalue weighted by Gasteiger charge is 2.18. The summed E-state index contributed by atoms with van der Waals surface area (Å²) >= 11 is 3.53. The Morgan fingerprint density at radius 1 is 1.23 bits per heavy atom. The molecule has 0 aliphatic heterocycles. The van der Waals surface area contributed by atoms with Gasteiger partial charge in [0.15, 0.2) is 11.0 Å². The number of thiophene rings is 1. The van der Waals surface area contributed by atoms with Crippen molar-refractivity contribution >= 4 is 23.1 Å². The number of thioether (sulfide) groups is 1. The van der Waals surface area contributed by atoms with Crippen molar-refractivity contribution in [1.82, 2.24) is 14.8 Å². The van der Waals surface area contributed by atoms with Crippen LogP contribution in [0.15, 0.2) is 34.8 Å². The molecule has 138 valence electrons. The molecule has 0 fully saturated rings. The molecule has 1 aromatic carbocycles. The fraction of sp³-hybridized carbons (Fsp3) is 0.400. The van der Waals surface area contributed by atoms with Gasteiger partial charge in [0.2, 0.25) is 0 Å². The highest BCUT2D eigenvalue weighted by Crippen LogP contribution is 2.33. The van der Waals surface area contributed by atoms with E-state index in [-0.39, 0.29) is 0 Å². The van der Waals surface area contributed by atoms with Crippen molar-refractivity contribution in [2.75, 3.05) is 7.11 Å². The number of aryl methyl sites for hydroxylation is 1. The van der Waals surface area contributed by atoms with Crippen LogP contribution >= 0.6 is 23.1 Å². The molecule has 6 heteroatoms. The molecule has 26 heavy (non-hydrogen) atoms. The van der Waals surface area contributed by atoms with E-state index >= 15 is 0 Å². The predicted octanol–water partition coefficient (Wildman–Crippen LogP) is 5.59. The topological polar surface area (TPSA) is 39.9 Å². The molecule has 2 aromatic heterocycles. The van der Waals surface area contributed by atoms with Gasteiger partial charge < -0.3 is 9.30 Å². The zero-order valence-corrected chi connectivity index (χ0v) is 17.4. The van der Waals surface area contributed by atoms with E-state index in [1.165, 1.54) is 21.6 Å². The molecule has 0 spiro atoms. The van der Waals surface area contributed by atoms with Crippen molar-refractivity contribution in [3.05, 3.63) is 45.6 Å². The molecule has 4 nitrogen and oxygen atoms in total. The molecule has 3 aromatic rings. The average Bonchev–Trinajstić information content (AvgIpc) is 3.23. The van der Waals surface area contributed by atoms with E-state index in [0.717, 1.165) is 41.9 Å².